The minimum absolute atomic E-state index is 0.264. The number of nitrogens with zero attached hydrogens (tertiary/aromatic N) is 2. The molecule has 0 unspecified atom stereocenters. The predicted molar refractivity (Wildman–Crippen MR) is 110 cm³/mol. The standard InChI is InChI=1S/C23H26N2O2/c1-17-10-11-21-18(14-23(26)27-22(21)13-17)15-25-12-6-9-20(25)16-24(2)19-7-4-3-5-8-19/h3-5,7-8,10-11,13-14,20H,6,9,12,15-16H2,1-2H3/t20-/m0/s1. The van der Waals surface area contributed by atoms with Crippen LogP contribution in [-0.2, 0) is 6.54 Å². The lowest BCUT2D eigenvalue weighted by Gasteiger charge is -2.30. The minimum atomic E-state index is -0.264. The van der Waals surface area contributed by atoms with Crippen molar-refractivity contribution >= 4 is 16.7 Å². The fourth-order valence-electron chi connectivity index (χ4n) is 4.10. The highest BCUT2D eigenvalue weighted by Crippen LogP contribution is 2.25. The van der Waals surface area contributed by atoms with Crippen LogP contribution in [-0.4, -0.2) is 31.1 Å². The van der Waals surface area contributed by atoms with Gasteiger partial charge in [0, 0.05) is 43.3 Å². The predicted octanol–water partition coefficient (Wildman–Crippen LogP) is 4.20. The maximum absolute atomic E-state index is 12.0. The number of rotatable bonds is 5. The average Bonchev–Trinajstić information content (AvgIpc) is 3.08. The van der Waals surface area contributed by atoms with Crippen LogP contribution in [0.2, 0.25) is 0 Å². The van der Waals surface area contributed by atoms with E-state index in [0.717, 1.165) is 36.1 Å². The second-order valence-corrected chi connectivity index (χ2v) is 7.57. The van der Waals surface area contributed by atoms with Gasteiger partial charge in [0.1, 0.15) is 5.58 Å². The van der Waals surface area contributed by atoms with Gasteiger partial charge in [0.15, 0.2) is 0 Å². The van der Waals surface area contributed by atoms with Crippen LogP contribution in [0.5, 0.6) is 0 Å². The van der Waals surface area contributed by atoms with Crippen molar-refractivity contribution in [2.75, 3.05) is 25.0 Å². The highest BCUT2D eigenvalue weighted by Gasteiger charge is 2.26. The van der Waals surface area contributed by atoms with Gasteiger partial charge >= 0.3 is 5.63 Å². The first-order valence-corrected chi connectivity index (χ1v) is 9.64. The molecule has 1 atom stereocenters. The molecule has 1 aliphatic heterocycles. The lowest BCUT2D eigenvalue weighted by molar-refractivity contribution is 0.249. The van der Waals surface area contributed by atoms with E-state index in [1.807, 2.05) is 19.1 Å². The quantitative estimate of drug-likeness (QED) is 0.638. The summed E-state index contributed by atoms with van der Waals surface area (Å²) in [6.07, 6.45) is 2.39. The number of hydrogen-bond donors (Lipinski definition) is 0. The molecular formula is C23H26N2O2. The maximum Gasteiger partial charge on any atom is 0.336 e. The van der Waals surface area contributed by atoms with Crippen molar-refractivity contribution in [1.29, 1.82) is 0 Å². The molecule has 3 aromatic rings. The number of benzene rings is 2. The van der Waals surface area contributed by atoms with Gasteiger partial charge in [-0.3, -0.25) is 4.90 Å². The van der Waals surface area contributed by atoms with Crippen molar-refractivity contribution in [2.45, 2.75) is 32.4 Å². The Morgan fingerprint density at radius 2 is 1.96 bits per heavy atom. The van der Waals surface area contributed by atoms with E-state index in [4.69, 9.17) is 4.42 Å². The molecule has 1 saturated heterocycles. The Bertz CT molecular complexity index is 981. The second kappa shape index (κ2) is 7.57. The van der Waals surface area contributed by atoms with Gasteiger partial charge in [-0.05, 0) is 55.6 Å². The summed E-state index contributed by atoms with van der Waals surface area (Å²) in [7, 11) is 2.15. The number of likely N-dealkylation sites (tertiary alicyclic amines) is 1. The Balaban J connectivity index is 1.55. The van der Waals surface area contributed by atoms with Crippen molar-refractivity contribution in [2.24, 2.45) is 0 Å². The third-order valence-electron chi connectivity index (χ3n) is 5.54. The molecule has 140 valence electrons. The van der Waals surface area contributed by atoms with Crippen molar-refractivity contribution < 1.29 is 4.42 Å². The number of para-hydroxylation sites is 1. The van der Waals surface area contributed by atoms with E-state index in [-0.39, 0.29) is 5.63 Å². The van der Waals surface area contributed by atoms with Crippen molar-refractivity contribution in [3.05, 3.63) is 76.1 Å². The number of anilines is 1. The molecule has 0 radical (unpaired) electrons. The van der Waals surface area contributed by atoms with Gasteiger partial charge in [-0.1, -0.05) is 30.3 Å². The molecule has 0 spiro atoms. The van der Waals surface area contributed by atoms with Crippen LogP contribution in [0.3, 0.4) is 0 Å². The van der Waals surface area contributed by atoms with Gasteiger partial charge in [-0.2, -0.15) is 0 Å². The van der Waals surface area contributed by atoms with Crippen molar-refractivity contribution in [3.8, 4) is 0 Å². The zero-order valence-electron chi connectivity index (χ0n) is 16.0. The van der Waals surface area contributed by atoms with Gasteiger partial charge < -0.3 is 9.32 Å². The first-order chi connectivity index (χ1) is 13.1. The van der Waals surface area contributed by atoms with E-state index in [0.29, 0.717) is 11.6 Å². The Morgan fingerprint density at radius 1 is 1.15 bits per heavy atom. The summed E-state index contributed by atoms with van der Waals surface area (Å²) in [5.74, 6) is 0. The molecule has 4 nitrogen and oxygen atoms in total. The molecule has 0 amide bonds. The van der Waals surface area contributed by atoms with Crippen LogP contribution in [0, 0.1) is 6.92 Å². The molecule has 0 N–H and O–H groups in total. The smallest absolute Gasteiger partial charge is 0.336 e. The summed E-state index contributed by atoms with van der Waals surface area (Å²) in [5, 5.41) is 1.04. The molecule has 4 rings (SSSR count). The highest BCUT2D eigenvalue weighted by molar-refractivity contribution is 5.80. The van der Waals surface area contributed by atoms with Crippen LogP contribution in [0.1, 0.15) is 24.0 Å². The Labute approximate surface area is 160 Å². The van der Waals surface area contributed by atoms with Gasteiger partial charge in [-0.15, -0.1) is 0 Å². The van der Waals surface area contributed by atoms with Crippen LogP contribution in [0.25, 0.3) is 11.0 Å². The monoisotopic (exact) mass is 362 g/mol. The Morgan fingerprint density at radius 3 is 2.78 bits per heavy atom. The SMILES string of the molecule is Cc1ccc2c(CN3CCC[C@H]3CN(C)c3ccccc3)cc(=O)oc2c1. The summed E-state index contributed by atoms with van der Waals surface area (Å²) < 4.78 is 5.41. The molecule has 0 saturated carbocycles. The summed E-state index contributed by atoms with van der Waals surface area (Å²) in [5.41, 5.74) is 3.84. The summed E-state index contributed by atoms with van der Waals surface area (Å²) >= 11 is 0. The molecule has 0 aliphatic carbocycles. The zero-order chi connectivity index (χ0) is 18.8. The maximum atomic E-state index is 12.0. The fourth-order valence-corrected chi connectivity index (χ4v) is 4.10. The number of hydrogen-bond acceptors (Lipinski definition) is 4. The Hall–Kier alpha value is -2.59. The molecule has 27 heavy (non-hydrogen) atoms. The lowest BCUT2D eigenvalue weighted by atomic mass is 10.1. The third-order valence-corrected chi connectivity index (χ3v) is 5.54. The molecule has 2 aromatic carbocycles. The van der Waals surface area contributed by atoms with E-state index >= 15 is 0 Å². The molecular weight excluding hydrogens is 336 g/mol. The number of aryl methyl sites for hydroxylation is 1. The molecule has 1 aromatic heterocycles. The van der Waals surface area contributed by atoms with E-state index in [1.165, 1.54) is 18.5 Å². The molecule has 0 bridgehead atoms. The lowest BCUT2D eigenvalue weighted by Crippen LogP contribution is -2.38. The van der Waals surface area contributed by atoms with Crippen molar-refractivity contribution in [1.82, 2.24) is 4.90 Å². The van der Waals surface area contributed by atoms with E-state index in [2.05, 4.69) is 53.2 Å². The van der Waals surface area contributed by atoms with Gasteiger partial charge in [0.2, 0.25) is 0 Å². The van der Waals surface area contributed by atoms with E-state index in [1.54, 1.807) is 6.07 Å². The Kier molecular flexibility index (Phi) is 4.99. The largest absolute Gasteiger partial charge is 0.423 e. The van der Waals surface area contributed by atoms with E-state index < -0.39 is 0 Å². The fraction of sp³-hybridized carbons (Fsp3) is 0.348. The number of likely N-dealkylation sites (N-methyl/N-ethyl adjacent to an activating group) is 1. The average molecular weight is 362 g/mol. The molecule has 4 heteroatoms. The minimum Gasteiger partial charge on any atom is -0.423 e. The van der Waals surface area contributed by atoms with Crippen LogP contribution >= 0.6 is 0 Å². The highest BCUT2D eigenvalue weighted by atomic mass is 16.4. The second-order valence-electron chi connectivity index (χ2n) is 7.57. The first-order valence-electron chi connectivity index (χ1n) is 9.64. The molecule has 1 fully saturated rings. The summed E-state index contributed by atoms with van der Waals surface area (Å²) in [6, 6.07) is 18.8. The summed E-state index contributed by atoms with van der Waals surface area (Å²) in [4.78, 5) is 16.9. The van der Waals surface area contributed by atoms with Crippen LogP contribution < -0.4 is 10.5 Å². The van der Waals surface area contributed by atoms with Gasteiger partial charge in [0.05, 0.1) is 0 Å². The topological polar surface area (TPSA) is 36.7 Å². The summed E-state index contributed by atoms with van der Waals surface area (Å²) in [6.45, 7) is 4.86. The van der Waals surface area contributed by atoms with E-state index in [9.17, 15) is 4.79 Å². The normalized spacial score (nSPS) is 17.5. The van der Waals surface area contributed by atoms with Crippen LogP contribution in [0.4, 0.5) is 5.69 Å². The van der Waals surface area contributed by atoms with Crippen LogP contribution in [0.15, 0.2) is 63.8 Å². The van der Waals surface area contributed by atoms with Gasteiger partial charge in [-0.25, -0.2) is 4.79 Å². The number of fused-ring (bicyclic) bond motifs is 1. The molecule has 2 heterocycles. The first kappa shape index (κ1) is 17.8. The van der Waals surface area contributed by atoms with Gasteiger partial charge in [0.25, 0.3) is 0 Å². The third kappa shape index (κ3) is 3.91. The molecule has 1 aliphatic rings. The van der Waals surface area contributed by atoms with Crippen molar-refractivity contribution in [3.63, 3.8) is 0 Å². The zero-order valence-corrected chi connectivity index (χ0v) is 16.0.